The lowest BCUT2D eigenvalue weighted by Crippen LogP contribution is -2.43. The number of rotatable bonds is 4. The van der Waals surface area contributed by atoms with E-state index in [1.165, 1.54) is 0 Å². The number of imidazole rings is 1. The molecule has 2 unspecified atom stereocenters. The van der Waals surface area contributed by atoms with Crippen LogP contribution in [-0.2, 0) is 10.3 Å². The number of halogens is 1. The van der Waals surface area contributed by atoms with E-state index in [0.717, 1.165) is 27.0 Å². The summed E-state index contributed by atoms with van der Waals surface area (Å²) in [6.07, 6.45) is 3.21. The highest BCUT2D eigenvalue weighted by atomic mass is 79.9. The van der Waals surface area contributed by atoms with E-state index in [-0.39, 0.29) is 5.41 Å². The average molecular weight is 454 g/mol. The fraction of sp³-hybridized carbons (Fsp3) is 0.304. The summed E-state index contributed by atoms with van der Waals surface area (Å²) >= 11 is 3.54. The molecule has 150 valence electrons. The van der Waals surface area contributed by atoms with Gasteiger partial charge in [0.05, 0.1) is 0 Å². The van der Waals surface area contributed by atoms with Crippen LogP contribution in [0.3, 0.4) is 0 Å². The third kappa shape index (κ3) is 3.25. The van der Waals surface area contributed by atoms with E-state index in [4.69, 9.17) is 10.5 Å². The van der Waals surface area contributed by atoms with Crippen LogP contribution >= 0.6 is 15.9 Å². The molecule has 2 atom stereocenters. The second-order valence-corrected chi connectivity index (χ2v) is 9.44. The van der Waals surface area contributed by atoms with Crippen LogP contribution in [0.25, 0.3) is 11.4 Å². The van der Waals surface area contributed by atoms with Gasteiger partial charge in [0.15, 0.2) is 0 Å². The smallest absolute Gasteiger partial charge is 0.404 e. The Kier molecular flexibility index (Phi) is 4.77. The van der Waals surface area contributed by atoms with E-state index < -0.39 is 17.7 Å². The number of amides is 1. The largest absolute Gasteiger partial charge is 0.446 e. The van der Waals surface area contributed by atoms with Crippen LogP contribution in [0, 0.1) is 5.41 Å². The third-order valence-electron chi connectivity index (χ3n) is 5.69. The molecule has 29 heavy (non-hydrogen) atoms. The Hall–Kier alpha value is -2.60. The summed E-state index contributed by atoms with van der Waals surface area (Å²) in [5, 5.41) is 0. The molecule has 0 spiro atoms. The Balaban J connectivity index is 1.98. The van der Waals surface area contributed by atoms with Crippen molar-refractivity contribution in [1.82, 2.24) is 9.55 Å². The first-order chi connectivity index (χ1) is 13.7. The normalized spacial score (nSPS) is 18.8. The molecule has 4 rings (SSSR count). The van der Waals surface area contributed by atoms with Crippen molar-refractivity contribution < 1.29 is 9.53 Å². The molecule has 0 radical (unpaired) electrons. The van der Waals surface area contributed by atoms with E-state index >= 15 is 0 Å². The molecule has 1 amide bonds. The van der Waals surface area contributed by atoms with Gasteiger partial charge < -0.3 is 15.0 Å². The van der Waals surface area contributed by atoms with Gasteiger partial charge >= 0.3 is 6.09 Å². The maximum atomic E-state index is 11.7. The maximum absolute atomic E-state index is 11.7. The number of nitrogens with zero attached hydrogens (tertiary/aromatic N) is 2. The molecule has 6 heteroatoms. The predicted octanol–water partition coefficient (Wildman–Crippen LogP) is 5.32. The summed E-state index contributed by atoms with van der Waals surface area (Å²) in [5.74, 6) is 0.912. The Morgan fingerprint density at radius 1 is 1.21 bits per heavy atom. The van der Waals surface area contributed by atoms with Gasteiger partial charge in [-0.15, -0.1) is 0 Å². The first-order valence-electron chi connectivity index (χ1n) is 9.59. The minimum Gasteiger partial charge on any atom is -0.446 e. The summed E-state index contributed by atoms with van der Waals surface area (Å²) in [5.41, 5.74) is 7.93. The van der Waals surface area contributed by atoms with E-state index in [0.29, 0.717) is 6.42 Å². The lowest BCUT2D eigenvalue weighted by molar-refractivity contribution is 0.0169. The number of aromatic nitrogens is 2. The lowest BCUT2D eigenvalue weighted by Gasteiger charge is -2.40. The molecule has 1 aliphatic rings. The van der Waals surface area contributed by atoms with E-state index in [9.17, 15) is 4.79 Å². The lowest BCUT2D eigenvalue weighted by atomic mass is 9.73. The van der Waals surface area contributed by atoms with Gasteiger partial charge in [0.2, 0.25) is 0 Å². The molecule has 0 bridgehead atoms. The molecular weight excluding hydrogens is 430 g/mol. The molecule has 0 saturated heterocycles. The molecule has 1 aromatic heterocycles. The minimum absolute atomic E-state index is 0.296. The van der Waals surface area contributed by atoms with E-state index in [2.05, 4.69) is 70.5 Å². The molecule has 5 nitrogen and oxygen atoms in total. The molecular formula is C23H24BrN3O2. The summed E-state index contributed by atoms with van der Waals surface area (Å²) in [6, 6.07) is 16.6. The molecule has 2 aromatic carbocycles. The van der Waals surface area contributed by atoms with Crippen LogP contribution < -0.4 is 5.73 Å². The van der Waals surface area contributed by atoms with Gasteiger partial charge in [-0.25, -0.2) is 9.78 Å². The molecule has 2 N–H and O–H groups in total. The van der Waals surface area contributed by atoms with Crippen molar-refractivity contribution in [3.8, 4) is 11.4 Å². The van der Waals surface area contributed by atoms with Gasteiger partial charge in [-0.3, -0.25) is 0 Å². The van der Waals surface area contributed by atoms with Gasteiger partial charge in [0.25, 0.3) is 0 Å². The monoisotopic (exact) mass is 453 g/mol. The van der Waals surface area contributed by atoms with Crippen LogP contribution in [0.5, 0.6) is 0 Å². The van der Waals surface area contributed by atoms with Gasteiger partial charge in [0.1, 0.15) is 17.5 Å². The fourth-order valence-electron chi connectivity index (χ4n) is 4.26. The van der Waals surface area contributed by atoms with Crippen LogP contribution in [0.1, 0.15) is 38.3 Å². The van der Waals surface area contributed by atoms with Crippen LogP contribution in [0.15, 0.2) is 65.4 Å². The second-order valence-electron chi connectivity index (χ2n) is 8.53. The van der Waals surface area contributed by atoms with Crippen LogP contribution in [-0.4, -0.2) is 21.7 Å². The topological polar surface area (TPSA) is 70.1 Å². The maximum Gasteiger partial charge on any atom is 0.404 e. The van der Waals surface area contributed by atoms with E-state index in [1.54, 1.807) is 0 Å². The number of ether oxygens (including phenoxy) is 1. The average Bonchev–Trinajstić information content (AvgIpc) is 3.23. The highest BCUT2D eigenvalue weighted by Crippen LogP contribution is 2.51. The van der Waals surface area contributed by atoms with Gasteiger partial charge in [-0.1, -0.05) is 73.1 Å². The number of hydrogen-bond acceptors (Lipinski definition) is 3. The molecule has 0 fully saturated rings. The number of carbonyl (C=O) groups is 1. The van der Waals surface area contributed by atoms with Gasteiger partial charge in [0, 0.05) is 28.9 Å². The van der Waals surface area contributed by atoms with Gasteiger partial charge in [-0.2, -0.15) is 0 Å². The zero-order valence-electron chi connectivity index (χ0n) is 16.7. The number of primary amides is 1. The van der Waals surface area contributed by atoms with Crippen molar-refractivity contribution in [2.24, 2.45) is 11.1 Å². The van der Waals surface area contributed by atoms with Crippen molar-refractivity contribution in [2.75, 3.05) is 0 Å². The predicted molar refractivity (Wildman–Crippen MR) is 117 cm³/mol. The quantitative estimate of drug-likeness (QED) is 0.580. The van der Waals surface area contributed by atoms with Crippen LogP contribution in [0.2, 0.25) is 0 Å². The summed E-state index contributed by atoms with van der Waals surface area (Å²) < 4.78 is 8.86. The Morgan fingerprint density at radius 2 is 1.90 bits per heavy atom. The highest BCUT2D eigenvalue weighted by molar-refractivity contribution is 9.10. The van der Waals surface area contributed by atoms with Crippen molar-refractivity contribution in [3.05, 3.63) is 76.5 Å². The fourth-order valence-corrected chi connectivity index (χ4v) is 4.52. The highest BCUT2D eigenvalue weighted by Gasteiger charge is 2.48. The summed E-state index contributed by atoms with van der Waals surface area (Å²) in [4.78, 5) is 16.4. The second kappa shape index (κ2) is 7.02. The molecule has 2 heterocycles. The van der Waals surface area contributed by atoms with Crippen LogP contribution in [0.4, 0.5) is 4.79 Å². The summed E-state index contributed by atoms with van der Waals surface area (Å²) in [7, 11) is 0. The summed E-state index contributed by atoms with van der Waals surface area (Å²) in [6.45, 7) is 6.18. The minimum atomic E-state index is -0.756. The standard InChI is InChI=1S/C23H24BrN3O2/c1-22(2,3)19(29-21(25)28)14-23(15-8-10-16(24)11-9-15)18-7-5-4-6-17(18)20-26-12-13-27(20)23/h4-13,19H,14H2,1-3H3,(H2,25,28). The SMILES string of the molecule is CC(C)(C)C(CC1(c2ccc(Br)cc2)c2ccccc2-c2nccn21)OC(N)=O. The van der Waals surface area contributed by atoms with E-state index in [1.807, 2.05) is 36.7 Å². The zero-order valence-corrected chi connectivity index (χ0v) is 18.3. The molecule has 3 aromatic rings. The first kappa shape index (κ1) is 19.7. The van der Waals surface area contributed by atoms with Crippen molar-refractivity contribution >= 4 is 22.0 Å². The number of nitrogens with two attached hydrogens (primary N) is 1. The molecule has 0 saturated carbocycles. The number of benzene rings is 2. The first-order valence-corrected chi connectivity index (χ1v) is 10.4. The molecule has 0 aliphatic carbocycles. The third-order valence-corrected chi connectivity index (χ3v) is 6.22. The number of hydrogen-bond donors (Lipinski definition) is 1. The number of carbonyl (C=O) groups excluding carboxylic acids is 1. The van der Waals surface area contributed by atoms with Crippen molar-refractivity contribution in [3.63, 3.8) is 0 Å². The van der Waals surface area contributed by atoms with Crippen molar-refractivity contribution in [2.45, 2.75) is 38.8 Å². The number of fused-ring (bicyclic) bond motifs is 3. The molecule has 1 aliphatic heterocycles. The zero-order chi connectivity index (χ0) is 20.8. The Bertz CT molecular complexity index is 1050. The van der Waals surface area contributed by atoms with Gasteiger partial charge in [-0.05, 0) is 28.7 Å². The Labute approximate surface area is 179 Å². The Morgan fingerprint density at radius 3 is 2.55 bits per heavy atom. The van der Waals surface area contributed by atoms with Crippen molar-refractivity contribution in [1.29, 1.82) is 0 Å².